The summed E-state index contributed by atoms with van der Waals surface area (Å²) in [4.78, 5) is 26.7. The first-order chi connectivity index (χ1) is 13.0. The van der Waals surface area contributed by atoms with Gasteiger partial charge in [0.2, 0.25) is 0 Å². The Morgan fingerprint density at radius 1 is 1.11 bits per heavy atom. The summed E-state index contributed by atoms with van der Waals surface area (Å²) >= 11 is 0. The average molecular weight is 365 g/mol. The Labute approximate surface area is 160 Å². The van der Waals surface area contributed by atoms with Crippen LogP contribution < -0.4 is 15.5 Å². The summed E-state index contributed by atoms with van der Waals surface area (Å²) in [6.45, 7) is 7.25. The molecule has 2 N–H and O–H groups in total. The molecule has 1 atom stereocenters. The molecule has 2 aromatic rings. The number of hydrogen-bond acceptors (Lipinski definition) is 2. The van der Waals surface area contributed by atoms with Crippen LogP contribution in [0.1, 0.15) is 42.3 Å². The van der Waals surface area contributed by atoms with Gasteiger partial charge < -0.3 is 15.5 Å². The number of rotatable bonds is 5. The molecular weight excluding hydrogens is 338 g/mol. The average Bonchev–Trinajstić information content (AvgIpc) is 2.99. The fraction of sp³-hybridized carbons (Fsp3) is 0.364. The Hall–Kier alpha value is -2.82. The van der Waals surface area contributed by atoms with Gasteiger partial charge in [0.1, 0.15) is 0 Å². The smallest absolute Gasteiger partial charge is 0.315 e. The van der Waals surface area contributed by atoms with E-state index in [9.17, 15) is 9.59 Å². The normalized spacial score (nSPS) is 15.6. The molecule has 0 bridgehead atoms. The van der Waals surface area contributed by atoms with Gasteiger partial charge in [-0.25, -0.2) is 4.79 Å². The summed E-state index contributed by atoms with van der Waals surface area (Å²) < 4.78 is 0. The Bertz CT molecular complexity index is 818. The van der Waals surface area contributed by atoms with E-state index in [1.54, 1.807) is 0 Å². The van der Waals surface area contributed by atoms with Crippen LogP contribution in [0.3, 0.4) is 0 Å². The third-order valence-electron chi connectivity index (χ3n) is 4.73. The second kappa shape index (κ2) is 8.25. The summed E-state index contributed by atoms with van der Waals surface area (Å²) in [5.74, 6) is 0.427. The van der Waals surface area contributed by atoms with Gasteiger partial charge in [-0.05, 0) is 48.6 Å². The SMILES string of the molecule is CC(C)CNC(=O)NCc1ccc2c(c1)N(C(=O)c1ccccc1)[C@@H](C)C2. The molecule has 27 heavy (non-hydrogen) atoms. The van der Waals surface area contributed by atoms with E-state index < -0.39 is 0 Å². The summed E-state index contributed by atoms with van der Waals surface area (Å²) in [5, 5.41) is 5.72. The minimum atomic E-state index is -0.171. The van der Waals surface area contributed by atoms with Gasteiger partial charge in [0.25, 0.3) is 5.91 Å². The van der Waals surface area contributed by atoms with Gasteiger partial charge in [-0.15, -0.1) is 0 Å². The molecule has 2 aromatic carbocycles. The van der Waals surface area contributed by atoms with Crippen molar-refractivity contribution in [2.24, 2.45) is 5.92 Å². The number of benzene rings is 2. The van der Waals surface area contributed by atoms with Gasteiger partial charge in [-0.1, -0.05) is 44.2 Å². The molecule has 0 spiro atoms. The third kappa shape index (κ3) is 4.48. The Balaban J connectivity index is 1.73. The molecule has 3 rings (SSSR count). The maximum Gasteiger partial charge on any atom is 0.315 e. The summed E-state index contributed by atoms with van der Waals surface area (Å²) in [7, 11) is 0. The van der Waals surface area contributed by atoms with Crippen LogP contribution in [-0.2, 0) is 13.0 Å². The molecule has 0 unspecified atom stereocenters. The van der Waals surface area contributed by atoms with E-state index in [1.165, 1.54) is 5.56 Å². The van der Waals surface area contributed by atoms with E-state index >= 15 is 0 Å². The van der Waals surface area contributed by atoms with Crippen molar-refractivity contribution >= 4 is 17.6 Å². The minimum absolute atomic E-state index is 0.0154. The lowest BCUT2D eigenvalue weighted by molar-refractivity contribution is 0.0981. The highest BCUT2D eigenvalue weighted by Crippen LogP contribution is 2.34. The van der Waals surface area contributed by atoms with Gasteiger partial charge >= 0.3 is 6.03 Å². The maximum atomic E-state index is 13.0. The first-order valence-electron chi connectivity index (χ1n) is 9.48. The maximum absolute atomic E-state index is 13.0. The standard InChI is InChI=1S/C22H27N3O2/c1-15(2)13-23-22(27)24-14-17-9-10-19-11-16(3)25(20(19)12-17)21(26)18-7-5-4-6-8-18/h4-10,12,15-16H,11,13-14H2,1-3H3,(H2,23,24,27)/t16-/m0/s1. The molecule has 0 saturated heterocycles. The van der Waals surface area contributed by atoms with Crippen molar-refractivity contribution in [2.45, 2.75) is 39.8 Å². The van der Waals surface area contributed by atoms with Crippen LogP contribution >= 0.6 is 0 Å². The second-order valence-electron chi connectivity index (χ2n) is 7.51. The second-order valence-corrected chi connectivity index (χ2v) is 7.51. The molecule has 3 amide bonds. The van der Waals surface area contributed by atoms with Crippen molar-refractivity contribution in [2.75, 3.05) is 11.4 Å². The molecule has 0 aliphatic carbocycles. The molecule has 142 valence electrons. The zero-order valence-electron chi connectivity index (χ0n) is 16.2. The number of fused-ring (bicyclic) bond motifs is 1. The van der Waals surface area contributed by atoms with Crippen molar-refractivity contribution < 1.29 is 9.59 Å². The largest absolute Gasteiger partial charge is 0.338 e. The Morgan fingerprint density at radius 3 is 2.56 bits per heavy atom. The zero-order valence-corrected chi connectivity index (χ0v) is 16.2. The predicted octanol–water partition coefficient (Wildman–Crippen LogP) is 3.73. The number of carbonyl (C=O) groups is 2. The molecule has 1 aliphatic rings. The zero-order chi connectivity index (χ0) is 19.4. The third-order valence-corrected chi connectivity index (χ3v) is 4.73. The molecular formula is C22H27N3O2. The Kier molecular flexibility index (Phi) is 5.79. The van der Waals surface area contributed by atoms with E-state index in [4.69, 9.17) is 0 Å². The van der Waals surface area contributed by atoms with E-state index in [1.807, 2.05) is 47.4 Å². The molecule has 0 aromatic heterocycles. The van der Waals surface area contributed by atoms with Crippen LogP contribution in [0.2, 0.25) is 0 Å². The molecule has 0 radical (unpaired) electrons. The molecule has 1 heterocycles. The van der Waals surface area contributed by atoms with Crippen LogP contribution in [0.5, 0.6) is 0 Å². The van der Waals surface area contributed by atoms with Crippen LogP contribution in [0.4, 0.5) is 10.5 Å². The lowest BCUT2D eigenvalue weighted by Gasteiger charge is -2.23. The van der Waals surface area contributed by atoms with E-state index in [2.05, 4.69) is 37.5 Å². The fourth-order valence-corrected chi connectivity index (χ4v) is 3.33. The van der Waals surface area contributed by atoms with Gasteiger partial charge in [-0.3, -0.25) is 4.79 Å². The predicted molar refractivity (Wildman–Crippen MR) is 108 cm³/mol. The van der Waals surface area contributed by atoms with E-state index in [0.717, 1.165) is 17.7 Å². The molecule has 0 saturated carbocycles. The molecule has 5 nitrogen and oxygen atoms in total. The van der Waals surface area contributed by atoms with Crippen molar-refractivity contribution in [3.05, 3.63) is 65.2 Å². The van der Waals surface area contributed by atoms with Crippen molar-refractivity contribution in [3.63, 3.8) is 0 Å². The van der Waals surface area contributed by atoms with Gasteiger partial charge in [0.15, 0.2) is 0 Å². The topological polar surface area (TPSA) is 61.4 Å². The lowest BCUT2D eigenvalue weighted by atomic mass is 10.1. The number of nitrogens with zero attached hydrogens (tertiary/aromatic N) is 1. The first-order valence-corrected chi connectivity index (χ1v) is 9.48. The number of carbonyl (C=O) groups excluding carboxylic acids is 2. The number of hydrogen-bond donors (Lipinski definition) is 2. The lowest BCUT2D eigenvalue weighted by Crippen LogP contribution is -2.37. The molecule has 0 fully saturated rings. The quantitative estimate of drug-likeness (QED) is 0.848. The van der Waals surface area contributed by atoms with E-state index in [-0.39, 0.29) is 18.0 Å². The number of anilines is 1. The van der Waals surface area contributed by atoms with Gasteiger partial charge in [-0.2, -0.15) is 0 Å². The van der Waals surface area contributed by atoms with Crippen LogP contribution in [0, 0.1) is 5.92 Å². The van der Waals surface area contributed by atoms with Crippen molar-refractivity contribution in [1.29, 1.82) is 0 Å². The fourth-order valence-electron chi connectivity index (χ4n) is 3.33. The molecule has 1 aliphatic heterocycles. The van der Waals surface area contributed by atoms with E-state index in [0.29, 0.717) is 24.6 Å². The Morgan fingerprint density at radius 2 is 1.85 bits per heavy atom. The molecule has 5 heteroatoms. The number of nitrogens with one attached hydrogen (secondary N) is 2. The van der Waals surface area contributed by atoms with Gasteiger partial charge in [0, 0.05) is 30.4 Å². The number of amides is 3. The van der Waals surface area contributed by atoms with Crippen LogP contribution in [0.15, 0.2) is 48.5 Å². The highest BCUT2D eigenvalue weighted by Gasteiger charge is 2.31. The summed E-state index contributed by atoms with van der Waals surface area (Å²) in [5.41, 5.74) is 3.78. The van der Waals surface area contributed by atoms with Crippen molar-refractivity contribution in [1.82, 2.24) is 10.6 Å². The minimum Gasteiger partial charge on any atom is -0.338 e. The van der Waals surface area contributed by atoms with Crippen molar-refractivity contribution in [3.8, 4) is 0 Å². The monoisotopic (exact) mass is 365 g/mol. The first kappa shape index (κ1) is 19.0. The number of urea groups is 1. The van der Waals surface area contributed by atoms with Crippen LogP contribution in [0.25, 0.3) is 0 Å². The highest BCUT2D eigenvalue weighted by molar-refractivity contribution is 6.07. The summed E-state index contributed by atoms with van der Waals surface area (Å²) in [6, 6.07) is 15.4. The van der Waals surface area contributed by atoms with Gasteiger partial charge in [0.05, 0.1) is 0 Å². The van der Waals surface area contributed by atoms with Crippen LogP contribution in [-0.4, -0.2) is 24.5 Å². The summed E-state index contributed by atoms with van der Waals surface area (Å²) in [6.07, 6.45) is 0.844. The highest BCUT2D eigenvalue weighted by atomic mass is 16.2.